The Hall–Kier alpha value is -3.34. The standard InChI is InChI=1S/C29H33N3O4/c1-30-32-15-14-22-21-10-6-7-11-24(21)31-28(22)26(36-18-19-8-4-3-5-9-19)16-23-20(17-32)12-13-25(33)27(23)29(34)35-2/h3-11,20,23,25-27,31,33H,12-18H2,2H3/t20-,23-,25-,26+,27+/m0/s1. The van der Waals surface area contributed by atoms with Crippen LogP contribution in [0, 0.1) is 24.3 Å². The SMILES string of the molecule is [C-]#[N+]N1CCc2c([nH]c3ccccc23)[C@H](OCc2ccccc2)C[C@H]2[C@@H](CC[C@H](O)[C@@H]2C(=O)OC)C1. The van der Waals surface area contributed by atoms with E-state index >= 15 is 0 Å². The highest BCUT2D eigenvalue weighted by atomic mass is 16.5. The maximum absolute atomic E-state index is 12.9. The third-order valence-electron chi connectivity index (χ3n) is 7.94. The molecule has 0 bridgehead atoms. The minimum Gasteiger partial charge on any atom is -0.469 e. The van der Waals surface area contributed by atoms with Crippen molar-refractivity contribution >= 4 is 16.9 Å². The van der Waals surface area contributed by atoms with Gasteiger partial charge in [0.05, 0.1) is 44.9 Å². The lowest BCUT2D eigenvalue weighted by Crippen LogP contribution is -2.47. The molecule has 0 amide bonds. The molecule has 1 aliphatic heterocycles. The number of nitrogens with zero attached hydrogens (tertiary/aromatic N) is 2. The number of benzene rings is 2. The number of H-pyrrole nitrogens is 1. The molecule has 1 fully saturated rings. The van der Waals surface area contributed by atoms with E-state index in [4.69, 9.17) is 16.0 Å². The Morgan fingerprint density at radius 1 is 1.17 bits per heavy atom. The Labute approximate surface area is 211 Å². The van der Waals surface area contributed by atoms with Crippen LogP contribution in [-0.2, 0) is 27.3 Å². The summed E-state index contributed by atoms with van der Waals surface area (Å²) in [6.45, 7) is 9.40. The van der Waals surface area contributed by atoms with Crippen molar-refractivity contribution in [2.75, 3.05) is 20.2 Å². The van der Waals surface area contributed by atoms with Gasteiger partial charge in [0.25, 0.3) is 0 Å². The van der Waals surface area contributed by atoms with Crippen LogP contribution < -0.4 is 0 Å². The first-order valence-electron chi connectivity index (χ1n) is 12.7. The van der Waals surface area contributed by atoms with Crippen LogP contribution in [-0.4, -0.2) is 47.4 Å². The highest BCUT2D eigenvalue weighted by Crippen LogP contribution is 2.44. The van der Waals surface area contributed by atoms with Gasteiger partial charge in [-0.2, -0.15) is 11.5 Å². The summed E-state index contributed by atoms with van der Waals surface area (Å²) in [4.78, 5) is 20.3. The highest BCUT2D eigenvalue weighted by Gasteiger charge is 2.46. The summed E-state index contributed by atoms with van der Waals surface area (Å²) in [5.74, 6) is -1.12. The number of fused-ring (bicyclic) bond motifs is 4. The lowest BCUT2D eigenvalue weighted by Gasteiger charge is -2.41. The summed E-state index contributed by atoms with van der Waals surface area (Å²) in [5.41, 5.74) is 4.27. The first-order valence-corrected chi connectivity index (χ1v) is 12.7. The number of hydrogen-bond donors (Lipinski definition) is 2. The minimum atomic E-state index is -0.764. The number of aliphatic hydroxyl groups is 1. The topological polar surface area (TPSA) is 79.2 Å². The zero-order chi connectivity index (χ0) is 25.1. The van der Waals surface area contributed by atoms with Crippen molar-refractivity contribution in [2.45, 2.75) is 44.5 Å². The van der Waals surface area contributed by atoms with Crippen LogP contribution in [0.25, 0.3) is 15.9 Å². The molecule has 0 radical (unpaired) electrons. The van der Waals surface area contributed by atoms with E-state index in [1.807, 2.05) is 42.5 Å². The summed E-state index contributed by atoms with van der Waals surface area (Å²) >= 11 is 0. The third-order valence-corrected chi connectivity index (χ3v) is 7.94. The van der Waals surface area contributed by atoms with Crippen molar-refractivity contribution in [3.05, 3.63) is 82.9 Å². The second kappa shape index (κ2) is 10.7. The molecule has 2 N–H and O–H groups in total. The van der Waals surface area contributed by atoms with Crippen molar-refractivity contribution < 1.29 is 19.4 Å². The van der Waals surface area contributed by atoms with Crippen LogP contribution in [0.1, 0.15) is 42.2 Å². The first-order chi connectivity index (χ1) is 17.6. The van der Waals surface area contributed by atoms with E-state index in [0.717, 1.165) is 40.6 Å². The molecular weight excluding hydrogens is 454 g/mol. The largest absolute Gasteiger partial charge is 0.469 e. The normalized spacial score (nSPS) is 26.5. The van der Waals surface area contributed by atoms with Crippen molar-refractivity contribution in [3.63, 3.8) is 0 Å². The number of aromatic amines is 1. The molecule has 0 unspecified atom stereocenters. The van der Waals surface area contributed by atoms with E-state index in [0.29, 0.717) is 32.5 Å². The van der Waals surface area contributed by atoms with E-state index in [1.54, 1.807) is 5.01 Å². The lowest BCUT2D eigenvalue weighted by atomic mass is 9.67. The third kappa shape index (κ3) is 4.84. The van der Waals surface area contributed by atoms with E-state index < -0.39 is 12.0 Å². The van der Waals surface area contributed by atoms with Gasteiger partial charge in [-0.25, -0.2) is 0 Å². The van der Waals surface area contributed by atoms with Crippen LogP contribution >= 0.6 is 0 Å². The van der Waals surface area contributed by atoms with E-state index in [1.165, 1.54) is 7.11 Å². The molecule has 188 valence electrons. The van der Waals surface area contributed by atoms with Crippen LogP contribution in [0.2, 0.25) is 0 Å². The molecule has 1 saturated carbocycles. The number of para-hydroxylation sites is 1. The Morgan fingerprint density at radius 2 is 1.94 bits per heavy atom. The molecule has 5 atom stereocenters. The molecular formula is C29H33N3O4. The van der Waals surface area contributed by atoms with Gasteiger partial charge < -0.3 is 19.6 Å². The van der Waals surface area contributed by atoms with Crippen LogP contribution in [0.3, 0.4) is 0 Å². The predicted octanol–water partition coefficient (Wildman–Crippen LogP) is 4.68. The van der Waals surface area contributed by atoms with Crippen molar-refractivity contribution in [3.8, 4) is 0 Å². The van der Waals surface area contributed by atoms with Gasteiger partial charge in [0.15, 0.2) is 0 Å². The molecule has 0 spiro atoms. The molecule has 5 rings (SSSR count). The highest BCUT2D eigenvalue weighted by molar-refractivity contribution is 5.84. The molecule has 1 aromatic heterocycles. The summed E-state index contributed by atoms with van der Waals surface area (Å²) in [5, 5.41) is 13.8. The summed E-state index contributed by atoms with van der Waals surface area (Å²) < 4.78 is 11.8. The fourth-order valence-electron chi connectivity index (χ4n) is 6.14. The van der Waals surface area contributed by atoms with E-state index in [2.05, 4.69) is 22.1 Å². The maximum Gasteiger partial charge on any atom is 0.311 e. The average Bonchev–Trinajstić information content (AvgIpc) is 3.28. The fraction of sp³-hybridized carbons (Fsp3) is 0.448. The zero-order valence-corrected chi connectivity index (χ0v) is 20.6. The Morgan fingerprint density at radius 3 is 2.72 bits per heavy atom. The van der Waals surface area contributed by atoms with Gasteiger partial charge in [-0.1, -0.05) is 48.5 Å². The Kier molecular flexibility index (Phi) is 7.26. The number of esters is 1. The number of carbonyl (C=O) groups is 1. The van der Waals surface area contributed by atoms with Crippen LogP contribution in [0.4, 0.5) is 0 Å². The molecule has 3 aromatic rings. The van der Waals surface area contributed by atoms with Gasteiger partial charge in [0.2, 0.25) is 0 Å². The van der Waals surface area contributed by atoms with Gasteiger partial charge in [-0.05, 0) is 54.7 Å². The van der Waals surface area contributed by atoms with Crippen molar-refractivity contribution in [1.29, 1.82) is 0 Å². The molecule has 7 heteroatoms. The van der Waals surface area contributed by atoms with E-state index in [9.17, 15) is 9.90 Å². The monoisotopic (exact) mass is 487 g/mol. The number of carbonyl (C=O) groups excluding carboxylic acids is 1. The first kappa shape index (κ1) is 24.4. The number of methoxy groups -OCH3 is 1. The molecule has 7 nitrogen and oxygen atoms in total. The average molecular weight is 488 g/mol. The Balaban J connectivity index is 1.59. The zero-order valence-electron chi connectivity index (χ0n) is 20.6. The van der Waals surface area contributed by atoms with Gasteiger partial charge in [-0.15, -0.1) is 5.01 Å². The maximum atomic E-state index is 12.9. The number of aliphatic hydroxyl groups excluding tert-OH is 1. The van der Waals surface area contributed by atoms with Gasteiger partial charge in [-0.3, -0.25) is 4.79 Å². The quantitative estimate of drug-likeness (QED) is 0.413. The second-order valence-corrected chi connectivity index (χ2v) is 9.96. The summed E-state index contributed by atoms with van der Waals surface area (Å²) in [7, 11) is 1.38. The van der Waals surface area contributed by atoms with E-state index in [-0.39, 0.29) is 23.9 Å². The number of ether oxygens (including phenoxy) is 2. The van der Waals surface area contributed by atoms with Gasteiger partial charge in [0, 0.05) is 16.6 Å². The molecule has 2 aromatic carbocycles. The van der Waals surface area contributed by atoms with Crippen molar-refractivity contribution in [2.24, 2.45) is 17.8 Å². The molecule has 2 heterocycles. The number of rotatable bonds is 4. The number of aromatic nitrogens is 1. The summed E-state index contributed by atoms with van der Waals surface area (Å²) in [6, 6.07) is 18.3. The second-order valence-electron chi connectivity index (χ2n) is 9.96. The molecule has 36 heavy (non-hydrogen) atoms. The molecule has 0 saturated heterocycles. The smallest absolute Gasteiger partial charge is 0.311 e. The fourth-order valence-corrected chi connectivity index (χ4v) is 6.14. The van der Waals surface area contributed by atoms with Crippen LogP contribution in [0.15, 0.2) is 54.6 Å². The van der Waals surface area contributed by atoms with Crippen LogP contribution in [0.5, 0.6) is 0 Å². The van der Waals surface area contributed by atoms with Gasteiger partial charge >= 0.3 is 5.97 Å². The number of nitrogens with one attached hydrogen (secondary N) is 1. The minimum absolute atomic E-state index is 0.0837. The lowest BCUT2D eigenvalue weighted by molar-refractivity contribution is -0.158. The van der Waals surface area contributed by atoms with Gasteiger partial charge in [0.1, 0.15) is 0 Å². The molecule has 2 aliphatic rings. The van der Waals surface area contributed by atoms with Crippen molar-refractivity contribution in [1.82, 2.24) is 9.99 Å². The molecule has 1 aliphatic carbocycles. The Bertz CT molecular complexity index is 1230. The number of hydrogen-bond acceptors (Lipinski definition) is 5. The predicted molar refractivity (Wildman–Crippen MR) is 136 cm³/mol. The summed E-state index contributed by atoms with van der Waals surface area (Å²) in [6.07, 6.45) is 1.51.